The summed E-state index contributed by atoms with van der Waals surface area (Å²) < 4.78 is 71.0. The molecule has 0 saturated carbocycles. The van der Waals surface area contributed by atoms with E-state index in [1.807, 2.05) is 0 Å². The summed E-state index contributed by atoms with van der Waals surface area (Å²) in [6.45, 7) is 6.81. The molecule has 2 aromatic rings. The van der Waals surface area contributed by atoms with Gasteiger partial charge in [-0.2, -0.15) is 21.6 Å². The highest BCUT2D eigenvalue weighted by Crippen LogP contribution is 2.37. The van der Waals surface area contributed by atoms with Gasteiger partial charge in [0.2, 0.25) is 0 Å². The minimum Gasteiger partial charge on any atom is -0.466 e. The number of alkyl halides is 3. The van der Waals surface area contributed by atoms with Gasteiger partial charge in [-0.05, 0) is 42.5 Å². The fourth-order valence-corrected chi connectivity index (χ4v) is 3.03. The van der Waals surface area contributed by atoms with Gasteiger partial charge in [-0.25, -0.2) is 0 Å². The van der Waals surface area contributed by atoms with Gasteiger partial charge < -0.3 is 8.92 Å². The number of rotatable bonds is 6. The zero-order chi connectivity index (χ0) is 20.4. The summed E-state index contributed by atoms with van der Waals surface area (Å²) >= 11 is 0. The van der Waals surface area contributed by atoms with Crippen LogP contribution in [0.3, 0.4) is 0 Å². The number of hydrogen-bond acceptors (Lipinski definition) is 5. The van der Waals surface area contributed by atoms with E-state index in [0.717, 1.165) is 0 Å². The maximum Gasteiger partial charge on any atom is 0.534 e. The minimum atomic E-state index is -5.92. The van der Waals surface area contributed by atoms with E-state index in [9.17, 15) is 26.4 Å². The van der Waals surface area contributed by atoms with Crippen molar-refractivity contribution in [1.82, 2.24) is 0 Å². The molecule has 146 valence electrons. The van der Waals surface area contributed by atoms with Gasteiger partial charge in [0.05, 0.1) is 13.0 Å². The molecule has 2 aromatic carbocycles. The van der Waals surface area contributed by atoms with E-state index in [1.165, 1.54) is 12.1 Å². The average molecular weight is 402 g/mol. The number of aryl methyl sites for hydroxylation is 1. The summed E-state index contributed by atoms with van der Waals surface area (Å²) in [6.07, 6.45) is 1.11. The first-order chi connectivity index (χ1) is 12.5. The second-order valence-corrected chi connectivity index (χ2v) is 7.19. The quantitative estimate of drug-likeness (QED) is 0.413. The molecule has 0 saturated heterocycles. The molecule has 0 bridgehead atoms. The normalized spacial score (nSPS) is 12.0. The number of fused-ring (bicyclic) bond motifs is 1. The molecule has 0 fully saturated rings. The molecule has 0 radical (unpaired) electrons. The van der Waals surface area contributed by atoms with Gasteiger partial charge in [0, 0.05) is 10.9 Å². The van der Waals surface area contributed by atoms with Crippen molar-refractivity contribution >= 4 is 32.9 Å². The van der Waals surface area contributed by atoms with E-state index in [2.05, 4.69) is 10.8 Å². The zero-order valence-corrected chi connectivity index (χ0v) is 15.4. The molecular weight excluding hydrogens is 385 g/mol. The summed E-state index contributed by atoms with van der Waals surface area (Å²) in [5, 5.41) is 0.572. The Balaban J connectivity index is 2.73. The highest BCUT2D eigenvalue weighted by molar-refractivity contribution is 7.88. The van der Waals surface area contributed by atoms with Gasteiger partial charge in [-0.3, -0.25) is 4.79 Å². The molecule has 0 spiro atoms. The Hall–Kier alpha value is -2.55. The summed E-state index contributed by atoms with van der Waals surface area (Å²) in [4.78, 5) is 11.9. The van der Waals surface area contributed by atoms with Crippen molar-refractivity contribution in [3.63, 3.8) is 0 Å². The van der Waals surface area contributed by atoms with Crippen LogP contribution in [0.15, 0.2) is 30.8 Å². The first kappa shape index (κ1) is 20.8. The Bertz CT molecular complexity index is 994. The van der Waals surface area contributed by atoms with Gasteiger partial charge in [-0.1, -0.05) is 24.8 Å². The van der Waals surface area contributed by atoms with Gasteiger partial charge >= 0.3 is 21.6 Å². The monoisotopic (exact) mass is 402 g/mol. The van der Waals surface area contributed by atoms with Crippen LogP contribution in [0.1, 0.15) is 23.6 Å². The molecular formula is C18H17F3O5S. The van der Waals surface area contributed by atoms with Gasteiger partial charge in [0.15, 0.2) is 5.75 Å². The average Bonchev–Trinajstić information content (AvgIpc) is 2.56. The molecule has 9 heteroatoms. The lowest BCUT2D eigenvalue weighted by Crippen LogP contribution is -2.28. The number of carbonyl (C=O) groups excluding carboxylic acids is 1. The van der Waals surface area contributed by atoms with Crippen molar-refractivity contribution in [2.75, 3.05) is 6.61 Å². The molecule has 0 N–H and O–H groups in total. The fourth-order valence-electron chi connectivity index (χ4n) is 2.52. The highest BCUT2D eigenvalue weighted by atomic mass is 32.2. The molecule has 0 heterocycles. The molecule has 0 aliphatic rings. The Kier molecular flexibility index (Phi) is 5.84. The lowest BCUT2D eigenvalue weighted by Gasteiger charge is -2.17. The minimum absolute atomic E-state index is 0.0140. The third kappa shape index (κ3) is 4.41. The van der Waals surface area contributed by atoms with Crippen molar-refractivity contribution in [2.24, 2.45) is 0 Å². The number of carbonyl (C=O) groups is 1. The highest BCUT2D eigenvalue weighted by Gasteiger charge is 2.49. The lowest BCUT2D eigenvalue weighted by molar-refractivity contribution is -0.142. The Morgan fingerprint density at radius 2 is 1.93 bits per heavy atom. The molecule has 0 aromatic heterocycles. The van der Waals surface area contributed by atoms with Crippen molar-refractivity contribution < 1.29 is 35.3 Å². The van der Waals surface area contributed by atoms with E-state index in [-0.39, 0.29) is 17.6 Å². The molecule has 0 atom stereocenters. The molecule has 0 aliphatic carbocycles. The standard InChI is InChI=1S/C18H17F3O5S/c1-4-12-6-7-14-13(9-12)8-11(3)15(10-16(22)25-5-2)17(14)26-27(23,24)18(19,20)21/h4,6-9H,1,5,10H2,2-3H3. The van der Waals surface area contributed by atoms with Crippen LogP contribution >= 0.6 is 0 Å². The summed E-state index contributed by atoms with van der Waals surface area (Å²) in [5.41, 5.74) is -4.51. The first-order valence-corrected chi connectivity index (χ1v) is 9.26. The predicted octanol–water partition coefficient (Wildman–Crippen LogP) is 4.13. The second kappa shape index (κ2) is 7.59. The van der Waals surface area contributed by atoms with E-state index >= 15 is 0 Å². The number of esters is 1. The number of halogens is 3. The van der Waals surface area contributed by atoms with E-state index in [0.29, 0.717) is 16.5 Å². The van der Waals surface area contributed by atoms with Crippen LogP contribution in [-0.2, 0) is 26.1 Å². The third-order valence-corrected chi connectivity index (χ3v) is 4.73. The molecule has 0 aliphatic heterocycles. The van der Waals surface area contributed by atoms with Gasteiger partial charge in [-0.15, -0.1) is 0 Å². The zero-order valence-electron chi connectivity index (χ0n) is 14.6. The van der Waals surface area contributed by atoms with Crippen molar-refractivity contribution in [2.45, 2.75) is 25.8 Å². The molecule has 27 heavy (non-hydrogen) atoms. The maximum atomic E-state index is 12.8. The topological polar surface area (TPSA) is 69.7 Å². The van der Waals surface area contributed by atoms with E-state index in [4.69, 9.17) is 4.74 Å². The van der Waals surface area contributed by atoms with E-state index < -0.39 is 33.8 Å². The first-order valence-electron chi connectivity index (χ1n) is 7.85. The fraction of sp³-hybridized carbons (Fsp3) is 0.278. The maximum absolute atomic E-state index is 12.8. The van der Waals surface area contributed by atoms with Crippen molar-refractivity contribution in [3.8, 4) is 5.75 Å². The van der Waals surface area contributed by atoms with Crippen molar-refractivity contribution in [3.05, 3.63) is 47.5 Å². The second-order valence-electron chi connectivity index (χ2n) is 5.65. The van der Waals surface area contributed by atoms with Gasteiger partial charge in [0.25, 0.3) is 0 Å². The number of benzene rings is 2. The summed E-state index contributed by atoms with van der Waals surface area (Å²) in [6, 6.07) is 6.22. The van der Waals surface area contributed by atoms with Crippen LogP contribution in [0, 0.1) is 6.92 Å². The van der Waals surface area contributed by atoms with Crippen LogP contribution in [0.2, 0.25) is 0 Å². The molecule has 5 nitrogen and oxygen atoms in total. The smallest absolute Gasteiger partial charge is 0.466 e. The van der Waals surface area contributed by atoms with Crippen LogP contribution in [0.4, 0.5) is 13.2 Å². The Labute approximate surface area is 154 Å². The molecule has 0 amide bonds. The van der Waals surface area contributed by atoms with Crippen LogP contribution in [0.25, 0.3) is 16.8 Å². The molecule has 0 unspecified atom stereocenters. The summed E-state index contributed by atoms with van der Waals surface area (Å²) in [5.74, 6) is -1.25. The van der Waals surface area contributed by atoms with Crippen LogP contribution in [-0.4, -0.2) is 26.5 Å². The molecule has 2 rings (SSSR count). The number of ether oxygens (including phenoxy) is 1. The predicted molar refractivity (Wildman–Crippen MR) is 94.7 cm³/mol. The largest absolute Gasteiger partial charge is 0.534 e. The number of hydrogen-bond donors (Lipinski definition) is 0. The van der Waals surface area contributed by atoms with E-state index in [1.54, 1.807) is 32.0 Å². The van der Waals surface area contributed by atoms with Gasteiger partial charge in [0.1, 0.15) is 0 Å². The SMILES string of the molecule is C=Cc1ccc2c(OS(=O)(=O)C(F)(F)F)c(CC(=O)OCC)c(C)cc2c1. The van der Waals surface area contributed by atoms with Crippen molar-refractivity contribution in [1.29, 1.82) is 0 Å². The third-order valence-electron chi connectivity index (χ3n) is 3.78. The Morgan fingerprint density at radius 3 is 2.48 bits per heavy atom. The summed E-state index contributed by atoms with van der Waals surface area (Å²) in [7, 11) is -5.92. The van der Waals surface area contributed by atoms with Crippen LogP contribution < -0.4 is 4.18 Å². The lowest BCUT2D eigenvalue weighted by atomic mass is 9.97. The van der Waals surface area contributed by atoms with Crippen LogP contribution in [0.5, 0.6) is 5.75 Å². The Morgan fingerprint density at radius 1 is 1.26 bits per heavy atom.